The average molecular weight is 499 g/mol. The molecule has 2 aromatic carbocycles. The van der Waals surface area contributed by atoms with Gasteiger partial charge in [-0.3, -0.25) is 4.79 Å². The third-order valence-electron chi connectivity index (χ3n) is 6.83. The normalized spacial score (nSPS) is 19.3. The lowest BCUT2D eigenvalue weighted by Gasteiger charge is -2.29. The molecule has 1 aliphatic rings. The quantitative estimate of drug-likeness (QED) is 0.509. The Hall–Kier alpha value is -3.04. The van der Waals surface area contributed by atoms with Gasteiger partial charge in [-0.2, -0.15) is 0 Å². The van der Waals surface area contributed by atoms with Crippen LogP contribution in [0.3, 0.4) is 0 Å². The predicted octanol–water partition coefficient (Wildman–Crippen LogP) is 4.25. The van der Waals surface area contributed by atoms with Gasteiger partial charge in [-0.05, 0) is 74.9 Å². The number of nitrogens with zero attached hydrogens (tertiary/aromatic N) is 2. The zero-order chi connectivity index (χ0) is 25.2. The van der Waals surface area contributed by atoms with E-state index < -0.39 is 10.0 Å². The van der Waals surface area contributed by atoms with E-state index in [4.69, 9.17) is 0 Å². The summed E-state index contributed by atoms with van der Waals surface area (Å²) in [6, 6.07) is 12.4. The highest BCUT2D eigenvalue weighted by Crippen LogP contribution is 2.27. The largest absolute Gasteiger partial charge is 0.349 e. The van der Waals surface area contributed by atoms with Crippen molar-refractivity contribution in [2.24, 2.45) is 13.0 Å². The lowest BCUT2D eigenvalue weighted by Crippen LogP contribution is -2.41. The molecule has 1 aromatic heterocycles. The molecule has 186 valence electrons. The van der Waals surface area contributed by atoms with Crippen molar-refractivity contribution in [1.29, 1.82) is 0 Å². The average Bonchev–Trinajstić information content (AvgIpc) is 3.17. The van der Waals surface area contributed by atoms with E-state index in [2.05, 4.69) is 15.0 Å². The Kier molecular flexibility index (Phi) is 7.37. The van der Waals surface area contributed by atoms with Gasteiger partial charge in [0.2, 0.25) is 15.9 Å². The summed E-state index contributed by atoms with van der Waals surface area (Å²) in [5.74, 6) is 0.351. The van der Waals surface area contributed by atoms with Gasteiger partial charge in [-0.25, -0.2) is 22.5 Å². The van der Waals surface area contributed by atoms with Crippen molar-refractivity contribution in [1.82, 2.24) is 19.6 Å². The number of carbonyl (C=O) groups excluding carboxylic acids is 1. The van der Waals surface area contributed by atoms with Gasteiger partial charge >= 0.3 is 0 Å². The van der Waals surface area contributed by atoms with Crippen molar-refractivity contribution in [2.45, 2.75) is 56.5 Å². The molecule has 35 heavy (non-hydrogen) atoms. The molecule has 1 atom stereocenters. The Balaban J connectivity index is 1.31. The zero-order valence-corrected chi connectivity index (χ0v) is 21.0. The molecule has 2 N–H and O–H groups in total. The van der Waals surface area contributed by atoms with Crippen LogP contribution >= 0.6 is 0 Å². The fourth-order valence-corrected chi connectivity index (χ4v) is 5.81. The number of halogens is 1. The first-order valence-electron chi connectivity index (χ1n) is 11.8. The molecule has 0 spiro atoms. The molecule has 0 aliphatic heterocycles. The minimum Gasteiger partial charge on any atom is -0.349 e. The second-order valence-corrected chi connectivity index (χ2v) is 10.9. The maximum atomic E-state index is 13.1. The van der Waals surface area contributed by atoms with Gasteiger partial charge in [0.1, 0.15) is 11.6 Å². The zero-order valence-electron chi connectivity index (χ0n) is 20.2. The fraction of sp³-hybridized carbons (Fsp3) is 0.385. The van der Waals surface area contributed by atoms with Crippen LogP contribution in [0.4, 0.5) is 4.39 Å². The highest BCUT2D eigenvalue weighted by molar-refractivity contribution is 7.89. The highest BCUT2D eigenvalue weighted by atomic mass is 32.2. The summed E-state index contributed by atoms with van der Waals surface area (Å²) >= 11 is 0. The summed E-state index contributed by atoms with van der Waals surface area (Å²) in [7, 11) is -1.74. The molecule has 3 aromatic rings. The van der Waals surface area contributed by atoms with Gasteiger partial charge in [0, 0.05) is 19.0 Å². The number of aryl methyl sites for hydroxylation is 1. The van der Waals surface area contributed by atoms with Crippen molar-refractivity contribution in [3.63, 3.8) is 0 Å². The summed E-state index contributed by atoms with van der Waals surface area (Å²) in [5, 5.41) is 2.99. The van der Waals surface area contributed by atoms with E-state index >= 15 is 0 Å². The summed E-state index contributed by atoms with van der Waals surface area (Å²) in [5.41, 5.74) is 2.66. The summed E-state index contributed by atoms with van der Waals surface area (Å²) in [4.78, 5) is 17.2. The van der Waals surface area contributed by atoms with Crippen molar-refractivity contribution in [3.8, 4) is 11.3 Å². The van der Waals surface area contributed by atoms with Crippen molar-refractivity contribution >= 4 is 15.9 Å². The van der Waals surface area contributed by atoms with Crippen LogP contribution in [-0.4, -0.2) is 29.9 Å². The molecule has 9 heteroatoms. The number of benzene rings is 2. The van der Waals surface area contributed by atoms with E-state index in [1.165, 1.54) is 12.1 Å². The van der Waals surface area contributed by atoms with E-state index in [0.29, 0.717) is 25.7 Å². The van der Waals surface area contributed by atoms with Gasteiger partial charge in [0.05, 0.1) is 22.8 Å². The first-order valence-corrected chi connectivity index (χ1v) is 13.3. The van der Waals surface area contributed by atoms with Gasteiger partial charge in [-0.1, -0.05) is 24.3 Å². The minimum absolute atomic E-state index is 0.0517. The van der Waals surface area contributed by atoms with Gasteiger partial charge in [0.15, 0.2) is 0 Å². The molecule has 1 saturated carbocycles. The van der Waals surface area contributed by atoms with Crippen molar-refractivity contribution < 1.29 is 17.6 Å². The minimum atomic E-state index is -3.66. The maximum Gasteiger partial charge on any atom is 0.240 e. The molecule has 0 unspecified atom stereocenters. The van der Waals surface area contributed by atoms with Gasteiger partial charge < -0.3 is 9.88 Å². The van der Waals surface area contributed by atoms with Crippen LogP contribution < -0.4 is 10.0 Å². The molecule has 1 heterocycles. The van der Waals surface area contributed by atoms with Crippen LogP contribution in [0.15, 0.2) is 59.6 Å². The molecule has 1 aliphatic carbocycles. The number of amides is 1. The molecule has 0 radical (unpaired) electrons. The van der Waals surface area contributed by atoms with E-state index in [0.717, 1.165) is 22.6 Å². The fourth-order valence-electron chi connectivity index (χ4n) is 4.50. The molecule has 1 amide bonds. The molecule has 7 nitrogen and oxygen atoms in total. The smallest absolute Gasteiger partial charge is 0.240 e. The molecule has 4 rings (SSSR count). The molecular weight excluding hydrogens is 467 g/mol. The second kappa shape index (κ2) is 10.3. The maximum absolute atomic E-state index is 13.1. The van der Waals surface area contributed by atoms with Crippen LogP contribution in [-0.2, 0) is 21.9 Å². The Morgan fingerprint density at radius 1 is 1.06 bits per heavy atom. The number of imidazole rings is 1. The SMILES string of the molecule is Cc1ncc(-c2ccc(S(=O)(=O)NC3CCC(C(=O)N[C@H](C)c4ccc(F)cc4)CC3)cc2)n1C. The summed E-state index contributed by atoms with van der Waals surface area (Å²) in [6.45, 7) is 3.78. The standard InChI is InChI=1S/C26H31FN4O3S/c1-17(19-4-10-22(27)11-5-19)29-26(32)21-6-12-23(13-7-21)30-35(33,34)24-14-8-20(9-15-24)25-16-28-18(2)31(25)3/h4-5,8-11,14-17,21,23,30H,6-7,12-13H2,1-3H3,(H,29,32)/t17-,21?,23?/m1/s1. The number of hydrogen-bond acceptors (Lipinski definition) is 4. The third kappa shape index (κ3) is 5.79. The van der Waals surface area contributed by atoms with Crippen LogP contribution in [0.2, 0.25) is 0 Å². The molecular formula is C26H31FN4O3S. The first kappa shape index (κ1) is 25.1. The number of aromatic nitrogens is 2. The van der Waals surface area contributed by atoms with Crippen LogP contribution in [0, 0.1) is 18.7 Å². The van der Waals surface area contributed by atoms with Crippen LogP contribution in [0.25, 0.3) is 11.3 Å². The van der Waals surface area contributed by atoms with E-state index in [1.54, 1.807) is 42.6 Å². The number of carbonyl (C=O) groups is 1. The Morgan fingerprint density at radius 2 is 1.69 bits per heavy atom. The summed E-state index contributed by atoms with van der Waals surface area (Å²) in [6.07, 6.45) is 4.16. The van der Waals surface area contributed by atoms with E-state index in [-0.39, 0.29) is 34.6 Å². The summed E-state index contributed by atoms with van der Waals surface area (Å²) < 4.78 is 43.7. The van der Waals surface area contributed by atoms with Crippen LogP contribution in [0.1, 0.15) is 50.0 Å². The molecule has 0 saturated heterocycles. The Labute approximate surface area is 205 Å². The number of nitrogens with one attached hydrogen (secondary N) is 2. The molecule has 1 fully saturated rings. The Morgan fingerprint density at radius 3 is 2.26 bits per heavy atom. The van der Waals surface area contributed by atoms with E-state index in [9.17, 15) is 17.6 Å². The van der Waals surface area contributed by atoms with Gasteiger partial charge in [0.25, 0.3) is 0 Å². The lowest BCUT2D eigenvalue weighted by molar-refractivity contribution is -0.126. The number of sulfonamides is 1. The monoisotopic (exact) mass is 498 g/mol. The Bertz CT molecular complexity index is 1280. The lowest BCUT2D eigenvalue weighted by atomic mass is 9.85. The number of hydrogen-bond donors (Lipinski definition) is 2. The van der Waals surface area contributed by atoms with E-state index in [1.807, 2.05) is 25.5 Å². The van der Waals surface area contributed by atoms with Crippen LogP contribution in [0.5, 0.6) is 0 Å². The predicted molar refractivity (Wildman–Crippen MR) is 132 cm³/mol. The van der Waals surface area contributed by atoms with Crippen molar-refractivity contribution in [3.05, 3.63) is 71.9 Å². The second-order valence-electron chi connectivity index (χ2n) is 9.23. The van der Waals surface area contributed by atoms with Crippen molar-refractivity contribution in [2.75, 3.05) is 0 Å². The highest BCUT2D eigenvalue weighted by Gasteiger charge is 2.29. The van der Waals surface area contributed by atoms with Gasteiger partial charge in [-0.15, -0.1) is 0 Å². The third-order valence-corrected chi connectivity index (χ3v) is 8.37. The molecule has 0 bridgehead atoms. The number of rotatable bonds is 7. The topological polar surface area (TPSA) is 93.1 Å². The first-order chi connectivity index (χ1) is 16.6.